The van der Waals surface area contributed by atoms with E-state index in [1.54, 1.807) is 0 Å². The third-order valence-electron chi connectivity index (χ3n) is 1.51. The Morgan fingerprint density at radius 3 is 2.28 bits per heavy atom. The molecule has 0 radical (unpaired) electrons. The summed E-state index contributed by atoms with van der Waals surface area (Å²) in [6.07, 6.45) is 0.855. The molecule has 0 aromatic heterocycles. The largest absolute Gasteiger partial charge is 0.461 e. The zero-order chi connectivity index (χ0) is 14.4. The summed E-state index contributed by atoms with van der Waals surface area (Å²) in [5.74, 6) is -1.46. The summed E-state index contributed by atoms with van der Waals surface area (Å²) in [5, 5.41) is 0. The fraction of sp³-hybridized carbons (Fsp3) is 0.375. The maximum absolute atomic E-state index is 11.2. The SMILES string of the molecule is C=CC(=O)OCCS(=O)(=O)OCC(=C)S(=O)(=O)O. The average molecular weight is 300 g/mol. The molecule has 0 aromatic carbocycles. The van der Waals surface area contributed by atoms with Gasteiger partial charge < -0.3 is 4.74 Å². The minimum Gasteiger partial charge on any atom is -0.461 e. The van der Waals surface area contributed by atoms with E-state index in [4.69, 9.17) is 4.55 Å². The van der Waals surface area contributed by atoms with Crippen molar-refractivity contribution in [2.45, 2.75) is 0 Å². The Labute approximate surface area is 105 Å². The first-order valence-corrected chi connectivity index (χ1v) is 7.42. The molecule has 18 heavy (non-hydrogen) atoms. The van der Waals surface area contributed by atoms with Gasteiger partial charge in [0.25, 0.3) is 20.2 Å². The molecule has 1 N–H and O–H groups in total. The molecule has 104 valence electrons. The average Bonchev–Trinajstić information content (AvgIpc) is 2.24. The normalized spacial score (nSPS) is 11.8. The van der Waals surface area contributed by atoms with Gasteiger partial charge in [-0.1, -0.05) is 13.2 Å². The third-order valence-corrected chi connectivity index (χ3v) is 3.50. The third kappa shape index (κ3) is 7.17. The van der Waals surface area contributed by atoms with Gasteiger partial charge in [-0.05, 0) is 0 Å². The number of ether oxygens (including phenoxy) is 1. The van der Waals surface area contributed by atoms with Crippen LogP contribution in [0.25, 0.3) is 0 Å². The summed E-state index contributed by atoms with van der Waals surface area (Å²) in [5.41, 5.74) is 0. The van der Waals surface area contributed by atoms with Crippen molar-refractivity contribution in [2.24, 2.45) is 0 Å². The van der Waals surface area contributed by atoms with Crippen LogP contribution in [0.1, 0.15) is 0 Å². The van der Waals surface area contributed by atoms with Crippen molar-refractivity contribution < 1.29 is 35.1 Å². The van der Waals surface area contributed by atoms with Gasteiger partial charge in [0.1, 0.15) is 19.0 Å². The Bertz CT molecular complexity index is 527. The van der Waals surface area contributed by atoms with Crippen LogP contribution >= 0.6 is 0 Å². The maximum Gasteiger partial charge on any atom is 0.330 e. The number of carbonyl (C=O) groups is 1. The predicted octanol–water partition coefficient (Wildman–Crippen LogP) is -0.536. The van der Waals surface area contributed by atoms with Gasteiger partial charge in [-0.2, -0.15) is 16.8 Å². The number of hydrogen-bond acceptors (Lipinski definition) is 7. The van der Waals surface area contributed by atoms with E-state index in [0.29, 0.717) is 0 Å². The standard InChI is InChI=1S/C8H12O8S2/c1-3-8(9)15-4-5-17(10,11)16-6-7(2)18(12,13)14/h3H,1-2,4-6H2,(H,12,13,14). The van der Waals surface area contributed by atoms with Crippen molar-refractivity contribution in [3.8, 4) is 0 Å². The van der Waals surface area contributed by atoms with Crippen LogP contribution in [0, 0.1) is 0 Å². The summed E-state index contributed by atoms with van der Waals surface area (Å²) >= 11 is 0. The molecule has 0 aromatic rings. The Hall–Kier alpha value is -1.23. The van der Waals surface area contributed by atoms with Gasteiger partial charge in [0.05, 0.1) is 4.91 Å². The van der Waals surface area contributed by atoms with Crippen molar-refractivity contribution in [3.05, 3.63) is 24.1 Å². The van der Waals surface area contributed by atoms with Crippen LogP contribution in [-0.4, -0.2) is 46.3 Å². The van der Waals surface area contributed by atoms with E-state index in [1.807, 2.05) is 0 Å². The molecular formula is C8H12O8S2. The van der Waals surface area contributed by atoms with Crippen molar-refractivity contribution >= 4 is 26.2 Å². The van der Waals surface area contributed by atoms with Gasteiger partial charge in [-0.3, -0.25) is 8.74 Å². The summed E-state index contributed by atoms with van der Waals surface area (Å²) in [7, 11) is -8.63. The highest BCUT2D eigenvalue weighted by atomic mass is 32.2. The fourth-order valence-corrected chi connectivity index (χ4v) is 1.60. The lowest BCUT2D eigenvalue weighted by Crippen LogP contribution is -2.19. The molecule has 0 aliphatic heterocycles. The molecule has 0 atom stereocenters. The van der Waals surface area contributed by atoms with E-state index in [1.165, 1.54) is 0 Å². The monoisotopic (exact) mass is 300 g/mol. The molecule has 0 amide bonds. The summed E-state index contributed by atoms with van der Waals surface area (Å²) < 4.78 is 60.5. The molecule has 0 aliphatic carbocycles. The van der Waals surface area contributed by atoms with E-state index in [2.05, 4.69) is 22.1 Å². The van der Waals surface area contributed by atoms with Crippen molar-refractivity contribution in [3.63, 3.8) is 0 Å². The van der Waals surface area contributed by atoms with Crippen LogP contribution in [0.2, 0.25) is 0 Å². The lowest BCUT2D eigenvalue weighted by molar-refractivity contribution is -0.137. The van der Waals surface area contributed by atoms with Crippen molar-refractivity contribution in [1.29, 1.82) is 0 Å². The Morgan fingerprint density at radius 1 is 1.28 bits per heavy atom. The second kappa shape index (κ2) is 6.64. The fourth-order valence-electron chi connectivity index (χ4n) is 0.592. The number of carbonyl (C=O) groups excluding carboxylic acids is 1. The van der Waals surface area contributed by atoms with E-state index in [-0.39, 0.29) is 0 Å². The maximum atomic E-state index is 11.2. The minimum atomic E-state index is -4.55. The Morgan fingerprint density at radius 2 is 1.83 bits per heavy atom. The van der Waals surface area contributed by atoms with E-state index < -0.39 is 50.1 Å². The Kier molecular flexibility index (Phi) is 6.18. The molecule has 0 spiro atoms. The zero-order valence-electron chi connectivity index (χ0n) is 9.23. The van der Waals surface area contributed by atoms with Gasteiger partial charge in [0, 0.05) is 6.08 Å². The summed E-state index contributed by atoms with van der Waals surface area (Å²) in [6, 6.07) is 0. The topological polar surface area (TPSA) is 124 Å². The lowest BCUT2D eigenvalue weighted by Gasteiger charge is -2.06. The van der Waals surface area contributed by atoms with E-state index in [9.17, 15) is 21.6 Å². The molecule has 0 saturated heterocycles. The van der Waals surface area contributed by atoms with Crippen LogP contribution in [-0.2, 0) is 34.0 Å². The minimum absolute atomic E-state index is 0.467. The van der Waals surface area contributed by atoms with Gasteiger partial charge in [-0.25, -0.2) is 4.79 Å². The molecule has 0 heterocycles. The highest BCUT2D eigenvalue weighted by Gasteiger charge is 2.17. The summed E-state index contributed by atoms with van der Waals surface area (Å²) in [6.45, 7) is 4.65. The second-order valence-electron chi connectivity index (χ2n) is 2.91. The first-order chi connectivity index (χ1) is 8.08. The van der Waals surface area contributed by atoms with Crippen LogP contribution in [0.5, 0.6) is 0 Å². The van der Waals surface area contributed by atoms with Gasteiger partial charge in [-0.15, -0.1) is 0 Å². The lowest BCUT2D eigenvalue weighted by atomic mass is 10.6. The number of hydrogen-bond donors (Lipinski definition) is 1. The predicted molar refractivity (Wildman–Crippen MR) is 61.6 cm³/mol. The molecular weight excluding hydrogens is 288 g/mol. The van der Waals surface area contributed by atoms with E-state index >= 15 is 0 Å². The zero-order valence-corrected chi connectivity index (χ0v) is 10.9. The highest BCUT2D eigenvalue weighted by molar-refractivity contribution is 7.90. The first-order valence-electron chi connectivity index (χ1n) is 4.40. The molecule has 8 nitrogen and oxygen atoms in total. The van der Waals surface area contributed by atoms with Crippen LogP contribution in [0.3, 0.4) is 0 Å². The highest BCUT2D eigenvalue weighted by Crippen LogP contribution is 2.04. The molecule has 0 bridgehead atoms. The summed E-state index contributed by atoms with van der Waals surface area (Å²) in [4.78, 5) is 9.80. The van der Waals surface area contributed by atoms with Gasteiger partial charge >= 0.3 is 5.97 Å². The molecule has 0 saturated carbocycles. The molecule has 0 unspecified atom stereocenters. The van der Waals surface area contributed by atoms with Crippen LogP contribution in [0.4, 0.5) is 0 Å². The van der Waals surface area contributed by atoms with Gasteiger partial charge in [0.15, 0.2) is 0 Å². The van der Waals surface area contributed by atoms with Crippen molar-refractivity contribution in [2.75, 3.05) is 19.0 Å². The Balaban J connectivity index is 4.22. The molecule has 0 rings (SSSR count). The molecule has 0 fully saturated rings. The second-order valence-corrected chi connectivity index (χ2v) is 6.20. The van der Waals surface area contributed by atoms with E-state index in [0.717, 1.165) is 6.08 Å². The van der Waals surface area contributed by atoms with Crippen LogP contribution in [0.15, 0.2) is 24.1 Å². The first kappa shape index (κ1) is 16.8. The quantitative estimate of drug-likeness (QED) is 0.274. The van der Waals surface area contributed by atoms with Crippen LogP contribution < -0.4 is 0 Å². The van der Waals surface area contributed by atoms with Crippen molar-refractivity contribution in [1.82, 2.24) is 0 Å². The molecule has 10 heteroatoms. The molecule has 0 aliphatic rings. The number of esters is 1. The smallest absolute Gasteiger partial charge is 0.330 e. The van der Waals surface area contributed by atoms with Gasteiger partial charge in [0.2, 0.25) is 0 Å². The number of rotatable bonds is 8.